The van der Waals surface area contributed by atoms with E-state index in [9.17, 15) is 14.7 Å². The fourth-order valence-electron chi connectivity index (χ4n) is 5.41. The molecule has 0 saturated carbocycles. The Kier molecular flexibility index (Phi) is 6.81. The zero-order valence-electron chi connectivity index (χ0n) is 23.3. The summed E-state index contributed by atoms with van der Waals surface area (Å²) in [5.41, 5.74) is 6.02. The topological polar surface area (TPSA) is 85.3 Å². The van der Waals surface area contributed by atoms with Crippen molar-refractivity contribution >= 4 is 30.3 Å². The van der Waals surface area contributed by atoms with Crippen molar-refractivity contribution < 1.29 is 28.7 Å². The summed E-state index contributed by atoms with van der Waals surface area (Å²) in [6.07, 6.45) is -0.717. The minimum atomic E-state index is -0.964. The lowest BCUT2D eigenvalue weighted by molar-refractivity contribution is -0.136. The molecule has 0 atom stereocenters. The van der Waals surface area contributed by atoms with E-state index in [0.717, 1.165) is 27.8 Å². The summed E-state index contributed by atoms with van der Waals surface area (Å²) in [6, 6.07) is 19.9. The minimum Gasteiger partial charge on any atom is -0.481 e. The maximum absolute atomic E-state index is 13.4. The number of rotatable bonds is 6. The highest BCUT2D eigenvalue weighted by Crippen LogP contribution is 2.44. The number of amides is 1. The number of carboxylic acid groups (broad SMARTS) is 1. The fraction of sp³-hybridized carbons (Fsp3) is 0.355. The molecule has 1 saturated heterocycles. The Bertz CT molecular complexity index is 1390. The molecule has 7 nitrogen and oxygen atoms in total. The number of carbonyl (C=O) groups excluding carboxylic acids is 1. The first-order valence-corrected chi connectivity index (χ1v) is 13.2. The second-order valence-electron chi connectivity index (χ2n) is 11.4. The highest BCUT2D eigenvalue weighted by Gasteiger charge is 2.52. The van der Waals surface area contributed by atoms with Crippen LogP contribution in [0.5, 0.6) is 0 Å². The minimum absolute atomic E-state index is 0.0606. The van der Waals surface area contributed by atoms with Crippen molar-refractivity contribution in [3.05, 3.63) is 82.9 Å². The lowest BCUT2D eigenvalue weighted by Crippen LogP contribution is -2.41. The summed E-state index contributed by atoms with van der Waals surface area (Å²) in [4.78, 5) is 26.4. The molecule has 3 aromatic rings. The number of carboxylic acids is 1. The Labute approximate surface area is 229 Å². The van der Waals surface area contributed by atoms with Gasteiger partial charge in [0.15, 0.2) is 0 Å². The van der Waals surface area contributed by atoms with E-state index in [0.29, 0.717) is 16.7 Å². The van der Waals surface area contributed by atoms with Gasteiger partial charge in [-0.2, -0.15) is 0 Å². The van der Waals surface area contributed by atoms with Crippen LogP contribution in [0.1, 0.15) is 55.9 Å². The van der Waals surface area contributed by atoms with Gasteiger partial charge in [-0.25, -0.2) is 4.79 Å². The van der Waals surface area contributed by atoms with Crippen LogP contribution in [0.25, 0.3) is 11.1 Å². The van der Waals surface area contributed by atoms with Crippen molar-refractivity contribution in [3.8, 4) is 11.1 Å². The third-order valence-electron chi connectivity index (χ3n) is 8.31. The van der Waals surface area contributed by atoms with Gasteiger partial charge in [0.05, 0.1) is 17.6 Å². The Morgan fingerprint density at radius 2 is 1.49 bits per heavy atom. The van der Waals surface area contributed by atoms with Crippen LogP contribution in [0.2, 0.25) is 0 Å². The predicted molar refractivity (Wildman–Crippen MR) is 152 cm³/mol. The average Bonchev–Trinajstić information content (AvgIpc) is 3.31. The van der Waals surface area contributed by atoms with Crippen molar-refractivity contribution in [2.45, 2.75) is 58.2 Å². The first kappa shape index (κ1) is 27.0. The molecule has 8 heteroatoms. The lowest BCUT2D eigenvalue weighted by atomic mass is 9.74. The zero-order valence-corrected chi connectivity index (χ0v) is 23.3. The summed E-state index contributed by atoms with van der Waals surface area (Å²) in [6.45, 7) is 9.93. The van der Waals surface area contributed by atoms with Crippen LogP contribution in [0.4, 0.5) is 10.5 Å². The number of carbonyl (C=O) groups is 2. The molecule has 0 radical (unpaired) electrons. The molecule has 2 aliphatic rings. The van der Waals surface area contributed by atoms with Gasteiger partial charge in [0, 0.05) is 18.7 Å². The maximum Gasteiger partial charge on any atom is 0.495 e. The molecule has 3 aromatic carbocycles. The van der Waals surface area contributed by atoms with Crippen molar-refractivity contribution in [3.63, 3.8) is 0 Å². The zero-order chi connectivity index (χ0) is 28.1. The normalized spacial score (nSPS) is 17.0. The quantitative estimate of drug-likeness (QED) is 0.438. The molecule has 0 aromatic heterocycles. The summed E-state index contributed by atoms with van der Waals surface area (Å²) >= 11 is 0. The Hall–Kier alpha value is -3.62. The standard InChI is InChI=1S/C31H34BNO6/c1-19-26(32-38-30(2,3)31(4,5)39-32)15-20(17-28(34)35)16-27(19)33(6)29(36)37-18-25-23-13-9-7-11-21(23)22-12-8-10-14-24(22)25/h7-16,25H,17-18H2,1-6H3,(H,34,35). The van der Waals surface area contributed by atoms with E-state index < -0.39 is 30.4 Å². The number of fused-ring (bicyclic) bond motifs is 3. The van der Waals surface area contributed by atoms with Crippen molar-refractivity contribution in [2.24, 2.45) is 0 Å². The smallest absolute Gasteiger partial charge is 0.481 e. The van der Waals surface area contributed by atoms with Gasteiger partial charge in [0.1, 0.15) is 6.61 Å². The maximum atomic E-state index is 13.4. The summed E-state index contributed by atoms with van der Waals surface area (Å²) in [7, 11) is 0.943. The molecule has 1 N–H and O–H groups in total. The van der Waals surface area contributed by atoms with Crippen LogP contribution < -0.4 is 10.4 Å². The van der Waals surface area contributed by atoms with Gasteiger partial charge in [-0.05, 0) is 79.5 Å². The number of hydrogen-bond donors (Lipinski definition) is 1. The van der Waals surface area contributed by atoms with E-state index in [1.807, 2.05) is 58.9 Å². The third kappa shape index (κ3) is 4.83. The van der Waals surface area contributed by atoms with Gasteiger partial charge in [-0.3, -0.25) is 9.69 Å². The highest BCUT2D eigenvalue weighted by molar-refractivity contribution is 6.63. The van der Waals surface area contributed by atoms with Crippen molar-refractivity contribution in [1.82, 2.24) is 0 Å². The molecule has 0 bridgehead atoms. The Morgan fingerprint density at radius 3 is 2.03 bits per heavy atom. The number of aliphatic carboxylic acids is 1. The van der Waals surface area contributed by atoms with E-state index in [4.69, 9.17) is 14.0 Å². The van der Waals surface area contributed by atoms with Gasteiger partial charge in [-0.1, -0.05) is 54.6 Å². The first-order chi connectivity index (χ1) is 18.4. The van der Waals surface area contributed by atoms with E-state index in [1.54, 1.807) is 19.2 Å². The molecular formula is C31H34BNO6. The highest BCUT2D eigenvalue weighted by atomic mass is 16.7. The number of ether oxygens (including phenoxy) is 1. The van der Waals surface area contributed by atoms with E-state index >= 15 is 0 Å². The molecule has 0 unspecified atom stereocenters. The predicted octanol–water partition coefficient (Wildman–Crippen LogP) is 5.31. The molecule has 0 spiro atoms. The van der Waals surface area contributed by atoms with Crippen LogP contribution in [0.3, 0.4) is 0 Å². The average molecular weight is 527 g/mol. The lowest BCUT2D eigenvalue weighted by Gasteiger charge is -2.32. The third-order valence-corrected chi connectivity index (χ3v) is 8.31. The van der Waals surface area contributed by atoms with Crippen molar-refractivity contribution in [2.75, 3.05) is 18.6 Å². The van der Waals surface area contributed by atoms with Crippen molar-refractivity contribution in [1.29, 1.82) is 0 Å². The van der Waals surface area contributed by atoms with E-state index in [1.165, 1.54) is 4.90 Å². The molecule has 1 amide bonds. The summed E-state index contributed by atoms with van der Waals surface area (Å²) in [5, 5.41) is 9.50. The molecule has 202 valence electrons. The van der Waals surface area contributed by atoms with Crippen LogP contribution in [-0.4, -0.2) is 49.1 Å². The van der Waals surface area contributed by atoms with Crippen LogP contribution in [0.15, 0.2) is 60.7 Å². The molecule has 39 heavy (non-hydrogen) atoms. The Morgan fingerprint density at radius 1 is 0.949 bits per heavy atom. The van der Waals surface area contributed by atoms with E-state index in [2.05, 4.69) is 24.3 Å². The summed E-state index contributed by atoms with van der Waals surface area (Å²) in [5.74, 6) is -1.03. The first-order valence-electron chi connectivity index (χ1n) is 13.2. The molecule has 1 aliphatic carbocycles. The second kappa shape index (κ2) is 9.85. The van der Waals surface area contributed by atoms with Gasteiger partial charge in [0.25, 0.3) is 0 Å². The number of anilines is 1. The number of hydrogen-bond acceptors (Lipinski definition) is 5. The monoisotopic (exact) mass is 527 g/mol. The number of nitrogens with zero attached hydrogens (tertiary/aromatic N) is 1. The molecular weight excluding hydrogens is 493 g/mol. The Balaban J connectivity index is 1.42. The van der Waals surface area contributed by atoms with Crippen LogP contribution in [0, 0.1) is 6.92 Å². The fourth-order valence-corrected chi connectivity index (χ4v) is 5.41. The number of benzene rings is 3. The van der Waals surface area contributed by atoms with Gasteiger partial charge >= 0.3 is 19.2 Å². The molecule has 5 rings (SSSR count). The molecule has 1 fully saturated rings. The summed E-state index contributed by atoms with van der Waals surface area (Å²) < 4.78 is 18.4. The molecule has 1 aliphatic heterocycles. The molecule has 1 heterocycles. The van der Waals surface area contributed by atoms with Crippen LogP contribution in [-0.2, 0) is 25.3 Å². The van der Waals surface area contributed by atoms with Crippen LogP contribution >= 0.6 is 0 Å². The largest absolute Gasteiger partial charge is 0.495 e. The van der Waals surface area contributed by atoms with Gasteiger partial charge in [0.2, 0.25) is 0 Å². The second-order valence-corrected chi connectivity index (χ2v) is 11.4. The van der Waals surface area contributed by atoms with E-state index in [-0.39, 0.29) is 18.9 Å². The van der Waals surface area contributed by atoms with Gasteiger partial charge in [-0.15, -0.1) is 0 Å². The van der Waals surface area contributed by atoms with Gasteiger partial charge < -0.3 is 19.2 Å². The SMILES string of the molecule is Cc1c(B2OC(C)(C)C(C)(C)O2)cc(CC(=O)O)cc1N(C)C(=O)OCC1c2ccccc2-c2ccccc21.